The van der Waals surface area contributed by atoms with Crippen molar-refractivity contribution in [2.75, 3.05) is 19.6 Å². The highest BCUT2D eigenvalue weighted by atomic mass is 16.4. The highest BCUT2D eigenvalue weighted by Crippen LogP contribution is 2.21. The molecule has 0 radical (unpaired) electrons. The number of aliphatic hydroxyl groups is 1. The van der Waals surface area contributed by atoms with Crippen molar-refractivity contribution in [1.29, 1.82) is 0 Å². The third kappa shape index (κ3) is 2.16. The van der Waals surface area contributed by atoms with Crippen molar-refractivity contribution in [3.63, 3.8) is 0 Å². The van der Waals surface area contributed by atoms with Crippen LogP contribution in [0.4, 0.5) is 4.79 Å². The zero-order valence-corrected chi connectivity index (χ0v) is 8.02. The zero-order chi connectivity index (χ0) is 10.1. The lowest BCUT2D eigenvalue weighted by molar-refractivity contribution is 0.131. The predicted molar refractivity (Wildman–Crippen MR) is 50.1 cm³/mol. The van der Waals surface area contributed by atoms with Gasteiger partial charge in [0.05, 0.1) is 12.6 Å². The van der Waals surface area contributed by atoms with Crippen molar-refractivity contribution < 1.29 is 15.0 Å². The Kier molecular flexibility index (Phi) is 2.60. The van der Waals surface area contributed by atoms with Crippen LogP contribution in [-0.2, 0) is 0 Å². The van der Waals surface area contributed by atoms with E-state index in [1.165, 1.54) is 17.7 Å². The molecule has 3 N–H and O–H groups in total. The Morgan fingerprint density at radius 3 is 2.64 bits per heavy atom. The number of hydrogen-bond donors (Lipinski definition) is 3. The summed E-state index contributed by atoms with van der Waals surface area (Å²) in [7, 11) is 0. The summed E-state index contributed by atoms with van der Waals surface area (Å²) in [5.41, 5.74) is 0. The number of carbonyl (C=O) groups is 1. The molecule has 0 aromatic carbocycles. The fraction of sp³-hybridized carbons (Fsp3) is 0.889. The molecule has 0 bridgehead atoms. The number of β-amino-alcohol motifs (C(OH)–C–C–N with tert-alkyl or cyclic N) is 1. The van der Waals surface area contributed by atoms with E-state index in [4.69, 9.17) is 5.11 Å². The third-order valence-electron chi connectivity index (χ3n) is 2.92. The van der Waals surface area contributed by atoms with Crippen LogP contribution in [0.3, 0.4) is 0 Å². The molecule has 5 nitrogen and oxygen atoms in total. The summed E-state index contributed by atoms with van der Waals surface area (Å²) in [6, 6.07) is 0.612. The topological polar surface area (TPSA) is 72.8 Å². The maximum Gasteiger partial charge on any atom is 0.407 e. The van der Waals surface area contributed by atoms with Crippen LogP contribution in [0.2, 0.25) is 0 Å². The van der Waals surface area contributed by atoms with Crippen molar-refractivity contribution in [2.45, 2.75) is 25.0 Å². The SMILES string of the molecule is O=C(O)N1C[C@H](CNC2CC2)[C@@H](O)C1. The number of carboxylic acid groups (broad SMARTS) is 1. The minimum atomic E-state index is -0.932. The van der Waals surface area contributed by atoms with E-state index in [9.17, 15) is 9.90 Å². The van der Waals surface area contributed by atoms with Crippen LogP contribution in [0.5, 0.6) is 0 Å². The average Bonchev–Trinajstić information content (AvgIpc) is 2.87. The molecule has 1 saturated carbocycles. The summed E-state index contributed by atoms with van der Waals surface area (Å²) in [5.74, 6) is 0.0618. The molecule has 1 aliphatic carbocycles. The lowest BCUT2D eigenvalue weighted by Crippen LogP contribution is -2.31. The molecule has 1 amide bonds. The van der Waals surface area contributed by atoms with Crippen LogP contribution >= 0.6 is 0 Å². The highest BCUT2D eigenvalue weighted by molar-refractivity contribution is 5.65. The van der Waals surface area contributed by atoms with E-state index in [2.05, 4.69) is 5.32 Å². The molecule has 1 heterocycles. The van der Waals surface area contributed by atoms with Crippen LogP contribution in [0.25, 0.3) is 0 Å². The van der Waals surface area contributed by atoms with Crippen molar-refractivity contribution >= 4 is 6.09 Å². The lowest BCUT2D eigenvalue weighted by atomic mass is 10.1. The monoisotopic (exact) mass is 200 g/mol. The number of amides is 1. The van der Waals surface area contributed by atoms with Crippen LogP contribution in [-0.4, -0.2) is 53.0 Å². The number of nitrogens with zero attached hydrogens (tertiary/aromatic N) is 1. The molecule has 1 aliphatic heterocycles. The van der Waals surface area contributed by atoms with Gasteiger partial charge in [-0.2, -0.15) is 0 Å². The van der Waals surface area contributed by atoms with E-state index < -0.39 is 12.2 Å². The smallest absolute Gasteiger partial charge is 0.407 e. The Balaban J connectivity index is 1.77. The van der Waals surface area contributed by atoms with Crippen molar-refractivity contribution in [1.82, 2.24) is 10.2 Å². The quantitative estimate of drug-likeness (QED) is 0.585. The van der Waals surface area contributed by atoms with Crippen molar-refractivity contribution in [3.05, 3.63) is 0 Å². The Hall–Kier alpha value is -0.810. The highest BCUT2D eigenvalue weighted by Gasteiger charge is 2.34. The molecule has 14 heavy (non-hydrogen) atoms. The molecule has 80 valence electrons. The van der Waals surface area contributed by atoms with Gasteiger partial charge in [-0.3, -0.25) is 0 Å². The summed E-state index contributed by atoms with van der Waals surface area (Å²) >= 11 is 0. The fourth-order valence-corrected chi connectivity index (χ4v) is 1.82. The third-order valence-corrected chi connectivity index (χ3v) is 2.92. The Bertz CT molecular complexity index is 230. The maximum atomic E-state index is 10.6. The number of nitrogens with one attached hydrogen (secondary N) is 1. The van der Waals surface area contributed by atoms with Gasteiger partial charge in [0.25, 0.3) is 0 Å². The second-order valence-corrected chi connectivity index (χ2v) is 4.20. The van der Waals surface area contributed by atoms with Crippen LogP contribution < -0.4 is 5.32 Å². The lowest BCUT2D eigenvalue weighted by Gasteiger charge is -2.13. The molecule has 1 saturated heterocycles. The molecule has 2 fully saturated rings. The molecule has 0 aromatic heterocycles. The van der Waals surface area contributed by atoms with Gasteiger partial charge in [0.1, 0.15) is 0 Å². The number of aliphatic hydroxyl groups excluding tert-OH is 1. The minimum absolute atomic E-state index is 0.0618. The van der Waals surface area contributed by atoms with Crippen molar-refractivity contribution in [3.8, 4) is 0 Å². The van der Waals surface area contributed by atoms with E-state index in [1.54, 1.807) is 0 Å². The van der Waals surface area contributed by atoms with E-state index >= 15 is 0 Å². The second-order valence-electron chi connectivity index (χ2n) is 4.20. The van der Waals surface area contributed by atoms with Gasteiger partial charge in [0.2, 0.25) is 0 Å². The van der Waals surface area contributed by atoms with Gasteiger partial charge < -0.3 is 20.4 Å². The Morgan fingerprint density at radius 1 is 1.43 bits per heavy atom. The Labute approximate surface area is 82.7 Å². The van der Waals surface area contributed by atoms with Gasteiger partial charge in [0, 0.05) is 25.0 Å². The summed E-state index contributed by atoms with van der Waals surface area (Å²) in [4.78, 5) is 11.9. The van der Waals surface area contributed by atoms with Gasteiger partial charge >= 0.3 is 6.09 Å². The summed E-state index contributed by atoms with van der Waals surface area (Å²) < 4.78 is 0. The minimum Gasteiger partial charge on any atom is -0.465 e. The normalized spacial score (nSPS) is 32.2. The van der Waals surface area contributed by atoms with Gasteiger partial charge in [0.15, 0.2) is 0 Å². The molecule has 0 spiro atoms. The molecule has 2 aliphatic rings. The van der Waals surface area contributed by atoms with Crippen LogP contribution in [0.1, 0.15) is 12.8 Å². The van der Waals surface area contributed by atoms with Crippen LogP contribution in [0.15, 0.2) is 0 Å². The molecule has 2 rings (SSSR count). The summed E-state index contributed by atoms with van der Waals surface area (Å²) in [5, 5.41) is 21.6. The van der Waals surface area contributed by atoms with E-state index in [0.29, 0.717) is 12.6 Å². The zero-order valence-electron chi connectivity index (χ0n) is 8.02. The van der Waals surface area contributed by atoms with Crippen LogP contribution in [0, 0.1) is 5.92 Å². The van der Waals surface area contributed by atoms with E-state index in [-0.39, 0.29) is 12.5 Å². The van der Waals surface area contributed by atoms with Crippen molar-refractivity contribution in [2.24, 2.45) is 5.92 Å². The van der Waals surface area contributed by atoms with E-state index in [0.717, 1.165) is 6.54 Å². The predicted octanol–water partition coefficient (Wildman–Crippen LogP) is -0.291. The second kappa shape index (κ2) is 3.74. The number of hydrogen-bond acceptors (Lipinski definition) is 3. The molecule has 0 unspecified atom stereocenters. The van der Waals surface area contributed by atoms with Gasteiger partial charge in [-0.25, -0.2) is 4.79 Å². The molecular formula is C9H16N2O3. The summed E-state index contributed by atoms with van der Waals surface area (Å²) in [6.07, 6.45) is 0.993. The van der Waals surface area contributed by atoms with Gasteiger partial charge in [-0.15, -0.1) is 0 Å². The average molecular weight is 200 g/mol. The largest absolute Gasteiger partial charge is 0.465 e. The standard InChI is InChI=1S/C9H16N2O3/c12-8-5-11(9(13)14)4-6(8)3-10-7-1-2-7/h6-8,10,12H,1-5H2,(H,13,14)/t6-,8-/m0/s1. The number of likely N-dealkylation sites (tertiary alicyclic amines) is 1. The molecular weight excluding hydrogens is 184 g/mol. The molecule has 2 atom stereocenters. The first-order chi connectivity index (χ1) is 6.66. The number of rotatable bonds is 3. The van der Waals surface area contributed by atoms with E-state index in [1.807, 2.05) is 0 Å². The fourth-order valence-electron chi connectivity index (χ4n) is 1.82. The first kappa shape index (κ1) is 9.73. The molecule has 0 aromatic rings. The first-order valence-corrected chi connectivity index (χ1v) is 5.06. The Morgan fingerprint density at radius 2 is 2.14 bits per heavy atom. The molecule has 5 heteroatoms. The first-order valence-electron chi connectivity index (χ1n) is 5.06. The summed E-state index contributed by atoms with van der Waals surface area (Å²) in [6.45, 7) is 1.44. The van der Waals surface area contributed by atoms with Gasteiger partial charge in [-0.1, -0.05) is 0 Å². The van der Waals surface area contributed by atoms with Gasteiger partial charge in [-0.05, 0) is 12.8 Å². The maximum absolute atomic E-state index is 10.6.